The maximum absolute atomic E-state index is 11.6. The molecule has 0 radical (unpaired) electrons. The molecule has 1 rings (SSSR count). The Morgan fingerprint density at radius 1 is 1.22 bits per heavy atom. The van der Waals surface area contributed by atoms with Crippen LogP contribution in [0.2, 0.25) is 5.02 Å². The van der Waals surface area contributed by atoms with Crippen molar-refractivity contribution < 1.29 is 14.3 Å². The zero-order chi connectivity index (χ0) is 13.5. The summed E-state index contributed by atoms with van der Waals surface area (Å²) in [6, 6.07) is 6.95. The Bertz CT molecular complexity index is 373. The Morgan fingerprint density at radius 3 is 2.33 bits per heavy atom. The highest BCUT2D eigenvalue weighted by Gasteiger charge is 2.21. The van der Waals surface area contributed by atoms with Crippen molar-refractivity contribution in [2.24, 2.45) is 5.92 Å². The summed E-state index contributed by atoms with van der Waals surface area (Å²) < 4.78 is 10.4. The van der Waals surface area contributed by atoms with E-state index < -0.39 is 6.10 Å². The van der Waals surface area contributed by atoms with Crippen molar-refractivity contribution in [3.05, 3.63) is 29.3 Å². The molecule has 100 valence electrons. The number of esters is 1. The first-order valence-electron chi connectivity index (χ1n) is 6.03. The molecule has 1 aromatic carbocycles. The van der Waals surface area contributed by atoms with Crippen LogP contribution < -0.4 is 4.74 Å². The maximum atomic E-state index is 11.6. The molecule has 0 aromatic heterocycles. The minimum absolute atomic E-state index is 0.342. The van der Waals surface area contributed by atoms with Gasteiger partial charge in [-0.1, -0.05) is 25.4 Å². The zero-order valence-electron chi connectivity index (χ0n) is 11.0. The highest BCUT2D eigenvalue weighted by atomic mass is 35.5. The van der Waals surface area contributed by atoms with E-state index in [1.165, 1.54) is 7.11 Å². The number of hydrogen-bond acceptors (Lipinski definition) is 3. The molecule has 0 aliphatic rings. The van der Waals surface area contributed by atoms with E-state index in [0.29, 0.717) is 23.1 Å². The fourth-order valence-corrected chi connectivity index (χ4v) is 1.64. The van der Waals surface area contributed by atoms with Crippen molar-refractivity contribution in [3.63, 3.8) is 0 Å². The van der Waals surface area contributed by atoms with Gasteiger partial charge in [0.2, 0.25) is 0 Å². The SMILES string of the molecule is COC(=O)[C@H](CCC(C)C)Oc1ccc(Cl)cc1. The molecule has 0 spiro atoms. The van der Waals surface area contributed by atoms with Gasteiger partial charge < -0.3 is 9.47 Å². The first-order chi connectivity index (χ1) is 8.52. The average molecular weight is 271 g/mol. The van der Waals surface area contributed by atoms with Crippen LogP contribution in [-0.4, -0.2) is 19.2 Å². The van der Waals surface area contributed by atoms with Gasteiger partial charge >= 0.3 is 5.97 Å². The van der Waals surface area contributed by atoms with Gasteiger partial charge in [-0.25, -0.2) is 4.79 Å². The van der Waals surface area contributed by atoms with Crippen LogP contribution in [0.3, 0.4) is 0 Å². The maximum Gasteiger partial charge on any atom is 0.347 e. The Kier molecular flexibility index (Phi) is 5.99. The largest absolute Gasteiger partial charge is 0.479 e. The van der Waals surface area contributed by atoms with Crippen LogP contribution in [0.5, 0.6) is 5.75 Å². The summed E-state index contributed by atoms with van der Waals surface area (Å²) in [6.07, 6.45) is 0.999. The minimum Gasteiger partial charge on any atom is -0.479 e. The number of halogens is 1. The summed E-state index contributed by atoms with van der Waals surface area (Å²) in [5.41, 5.74) is 0. The van der Waals surface area contributed by atoms with E-state index in [-0.39, 0.29) is 5.97 Å². The predicted molar refractivity (Wildman–Crippen MR) is 72.0 cm³/mol. The minimum atomic E-state index is -0.557. The fraction of sp³-hybridized carbons (Fsp3) is 0.500. The van der Waals surface area contributed by atoms with Crippen molar-refractivity contribution in [1.82, 2.24) is 0 Å². The second-order valence-electron chi connectivity index (χ2n) is 4.55. The van der Waals surface area contributed by atoms with Crippen molar-refractivity contribution in [2.45, 2.75) is 32.8 Å². The summed E-state index contributed by atoms with van der Waals surface area (Å²) in [5, 5.41) is 0.638. The van der Waals surface area contributed by atoms with Crippen LogP contribution in [-0.2, 0) is 9.53 Å². The highest BCUT2D eigenvalue weighted by Crippen LogP contribution is 2.19. The van der Waals surface area contributed by atoms with Crippen molar-refractivity contribution in [3.8, 4) is 5.75 Å². The third-order valence-electron chi connectivity index (χ3n) is 2.56. The molecular weight excluding hydrogens is 252 g/mol. The first-order valence-corrected chi connectivity index (χ1v) is 6.40. The van der Waals surface area contributed by atoms with Crippen LogP contribution in [0.25, 0.3) is 0 Å². The van der Waals surface area contributed by atoms with Gasteiger partial charge in [0, 0.05) is 5.02 Å². The van der Waals surface area contributed by atoms with Gasteiger partial charge in [0.25, 0.3) is 0 Å². The highest BCUT2D eigenvalue weighted by molar-refractivity contribution is 6.30. The summed E-state index contributed by atoms with van der Waals surface area (Å²) >= 11 is 5.79. The molecule has 0 saturated carbocycles. The van der Waals surface area contributed by atoms with E-state index >= 15 is 0 Å². The molecule has 4 heteroatoms. The van der Waals surface area contributed by atoms with Crippen LogP contribution in [0.1, 0.15) is 26.7 Å². The second kappa shape index (κ2) is 7.27. The van der Waals surface area contributed by atoms with E-state index in [9.17, 15) is 4.79 Å². The van der Waals surface area contributed by atoms with E-state index in [1.807, 2.05) is 0 Å². The molecule has 0 N–H and O–H groups in total. The van der Waals surface area contributed by atoms with Gasteiger partial charge in [0.15, 0.2) is 6.10 Å². The quantitative estimate of drug-likeness (QED) is 0.740. The Hall–Kier alpha value is -1.22. The fourth-order valence-electron chi connectivity index (χ4n) is 1.52. The lowest BCUT2D eigenvalue weighted by atomic mass is 10.0. The van der Waals surface area contributed by atoms with Crippen LogP contribution in [0.15, 0.2) is 24.3 Å². The van der Waals surface area contributed by atoms with Crippen LogP contribution in [0.4, 0.5) is 0 Å². The molecule has 0 bridgehead atoms. The van der Waals surface area contributed by atoms with E-state index in [4.69, 9.17) is 21.1 Å². The molecule has 3 nitrogen and oxygen atoms in total. The van der Waals surface area contributed by atoms with Crippen molar-refractivity contribution in [1.29, 1.82) is 0 Å². The Morgan fingerprint density at radius 2 is 1.83 bits per heavy atom. The molecular formula is C14H19ClO3. The molecule has 0 saturated heterocycles. The summed E-state index contributed by atoms with van der Waals surface area (Å²) in [7, 11) is 1.37. The first kappa shape index (κ1) is 14.8. The molecule has 1 atom stereocenters. The van der Waals surface area contributed by atoms with Gasteiger partial charge in [-0.05, 0) is 43.0 Å². The monoisotopic (exact) mass is 270 g/mol. The number of rotatable bonds is 6. The number of hydrogen-bond donors (Lipinski definition) is 0. The molecule has 18 heavy (non-hydrogen) atoms. The number of carbonyl (C=O) groups is 1. The summed E-state index contributed by atoms with van der Waals surface area (Å²) in [4.78, 5) is 11.6. The number of methoxy groups -OCH3 is 1. The topological polar surface area (TPSA) is 35.5 Å². The number of benzene rings is 1. The normalized spacial score (nSPS) is 12.3. The third-order valence-corrected chi connectivity index (χ3v) is 2.81. The lowest BCUT2D eigenvalue weighted by molar-refractivity contribution is -0.149. The van der Waals surface area contributed by atoms with Gasteiger partial charge in [-0.15, -0.1) is 0 Å². The van der Waals surface area contributed by atoms with Crippen molar-refractivity contribution in [2.75, 3.05) is 7.11 Å². The summed E-state index contributed by atoms with van der Waals surface area (Å²) in [6.45, 7) is 4.22. The standard InChI is InChI=1S/C14H19ClO3/c1-10(2)4-9-13(14(16)17-3)18-12-7-5-11(15)6-8-12/h5-8,10,13H,4,9H2,1-3H3/t13-/m0/s1. The van der Waals surface area contributed by atoms with Gasteiger partial charge in [-0.3, -0.25) is 0 Å². The molecule has 0 aliphatic carbocycles. The summed E-state index contributed by atoms with van der Waals surface area (Å²) in [5.74, 6) is 0.801. The van der Waals surface area contributed by atoms with E-state index in [1.54, 1.807) is 24.3 Å². The van der Waals surface area contributed by atoms with Crippen molar-refractivity contribution >= 4 is 17.6 Å². The molecule has 0 heterocycles. The average Bonchev–Trinajstić information content (AvgIpc) is 2.35. The third kappa shape index (κ3) is 4.96. The second-order valence-corrected chi connectivity index (χ2v) is 4.99. The van der Waals surface area contributed by atoms with Crippen LogP contribution >= 0.6 is 11.6 Å². The van der Waals surface area contributed by atoms with Gasteiger partial charge in [-0.2, -0.15) is 0 Å². The number of carbonyl (C=O) groups excluding carboxylic acids is 1. The Labute approximate surface area is 113 Å². The number of ether oxygens (including phenoxy) is 2. The molecule has 0 fully saturated rings. The van der Waals surface area contributed by atoms with E-state index in [0.717, 1.165) is 6.42 Å². The van der Waals surface area contributed by atoms with Crippen LogP contribution in [0, 0.1) is 5.92 Å². The lowest BCUT2D eigenvalue weighted by Gasteiger charge is -2.17. The zero-order valence-corrected chi connectivity index (χ0v) is 11.7. The molecule has 0 amide bonds. The Balaban J connectivity index is 2.65. The molecule has 0 unspecified atom stereocenters. The van der Waals surface area contributed by atoms with Gasteiger partial charge in [0.1, 0.15) is 5.75 Å². The predicted octanol–water partition coefficient (Wildman–Crippen LogP) is 3.70. The lowest BCUT2D eigenvalue weighted by Crippen LogP contribution is -2.29. The molecule has 1 aromatic rings. The molecule has 0 aliphatic heterocycles. The van der Waals surface area contributed by atoms with Gasteiger partial charge in [0.05, 0.1) is 7.11 Å². The smallest absolute Gasteiger partial charge is 0.347 e. The van der Waals surface area contributed by atoms with E-state index in [2.05, 4.69) is 13.8 Å².